The van der Waals surface area contributed by atoms with Gasteiger partial charge in [0.1, 0.15) is 5.82 Å². The summed E-state index contributed by atoms with van der Waals surface area (Å²) in [5.74, 6) is -0.219. The average molecular weight is 262 g/mol. The number of halogens is 1. The van der Waals surface area contributed by atoms with Gasteiger partial charge in [-0.05, 0) is 37.0 Å². The second-order valence-electron chi connectivity index (χ2n) is 5.71. The summed E-state index contributed by atoms with van der Waals surface area (Å²) in [4.78, 5) is 0. The van der Waals surface area contributed by atoms with Crippen LogP contribution in [0, 0.1) is 28.5 Å². The Hall–Kier alpha value is -1.60. The molecule has 1 saturated carbocycles. The zero-order valence-electron chi connectivity index (χ0n) is 11.3. The third-order valence-corrected chi connectivity index (χ3v) is 3.88. The van der Waals surface area contributed by atoms with Crippen LogP contribution in [0.15, 0.2) is 18.2 Å². The number of hydrogen-bond acceptors (Lipinski definition) is 3. The molecule has 0 aliphatic heterocycles. The highest BCUT2D eigenvalue weighted by Crippen LogP contribution is 2.50. The lowest BCUT2D eigenvalue weighted by molar-refractivity contribution is 0.0567. The maximum Gasteiger partial charge on any atom is 0.147 e. The predicted octanol–water partition coefficient (Wildman–Crippen LogP) is 2.91. The molecule has 2 rings (SSSR count). The van der Waals surface area contributed by atoms with Gasteiger partial charge in [-0.2, -0.15) is 5.26 Å². The summed E-state index contributed by atoms with van der Waals surface area (Å²) in [6, 6.07) is 6.29. The van der Waals surface area contributed by atoms with E-state index in [0.717, 1.165) is 12.8 Å². The van der Waals surface area contributed by atoms with Crippen molar-refractivity contribution in [1.29, 1.82) is 5.26 Å². The van der Waals surface area contributed by atoms with Crippen molar-refractivity contribution in [2.45, 2.75) is 32.8 Å². The van der Waals surface area contributed by atoms with Crippen LogP contribution in [-0.2, 0) is 0 Å². The lowest BCUT2D eigenvalue weighted by Gasteiger charge is -2.26. The van der Waals surface area contributed by atoms with Crippen molar-refractivity contribution in [2.75, 3.05) is 11.9 Å². The molecule has 0 bridgehead atoms. The first-order valence-electron chi connectivity index (χ1n) is 6.60. The van der Waals surface area contributed by atoms with Crippen molar-refractivity contribution in [3.63, 3.8) is 0 Å². The lowest BCUT2D eigenvalue weighted by Crippen LogP contribution is -2.33. The normalized spacial score (nSPS) is 17.9. The first kappa shape index (κ1) is 13.8. The molecule has 4 heteroatoms. The number of anilines is 1. The molecule has 0 aromatic heterocycles. The third kappa shape index (κ3) is 2.87. The molecular weight excluding hydrogens is 243 g/mol. The van der Waals surface area contributed by atoms with Gasteiger partial charge in [0, 0.05) is 12.0 Å². The van der Waals surface area contributed by atoms with E-state index in [1.165, 1.54) is 6.07 Å². The number of aliphatic hydroxyl groups excluding tert-OH is 1. The van der Waals surface area contributed by atoms with Crippen LogP contribution in [-0.4, -0.2) is 17.8 Å². The van der Waals surface area contributed by atoms with Crippen LogP contribution in [0.5, 0.6) is 0 Å². The minimum atomic E-state index is -0.422. The summed E-state index contributed by atoms with van der Waals surface area (Å²) in [5.41, 5.74) is 0.585. The molecule has 3 nitrogen and oxygen atoms in total. The monoisotopic (exact) mass is 262 g/mol. The minimum Gasteiger partial charge on any atom is -0.392 e. The summed E-state index contributed by atoms with van der Waals surface area (Å²) >= 11 is 0. The fraction of sp³-hybridized carbons (Fsp3) is 0.533. The molecule has 0 saturated heterocycles. The van der Waals surface area contributed by atoms with Crippen molar-refractivity contribution >= 4 is 5.69 Å². The van der Waals surface area contributed by atoms with Gasteiger partial charge in [0.25, 0.3) is 0 Å². The molecule has 1 aliphatic rings. The molecule has 0 radical (unpaired) electrons. The van der Waals surface area contributed by atoms with E-state index in [0.29, 0.717) is 17.8 Å². The maximum absolute atomic E-state index is 13.7. The standard InChI is InChI=1S/C15H19FN2O/c1-10(2)14(19)15(5-6-15)9-18-13-4-3-11(8-17)7-12(13)16/h3-4,7,10,14,18-19H,5-6,9H2,1-2H3. The van der Waals surface area contributed by atoms with Gasteiger partial charge in [0.2, 0.25) is 0 Å². The largest absolute Gasteiger partial charge is 0.392 e. The Morgan fingerprint density at radius 3 is 2.63 bits per heavy atom. The minimum absolute atomic E-state index is 0.117. The molecule has 0 heterocycles. The SMILES string of the molecule is CC(C)C(O)C1(CNc2ccc(C#N)cc2F)CC1. The summed E-state index contributed by atoms with van der Waals surface area (Å²) in [6.07, 6.45) is 1.58. The van der Waals surface area contributed by atoms with Gasteiger partial charge in [-0.3, -0.25) is 0 Å². The van der Waals surface area contributed by atoms with E-state index < -0.39 is 5.82 Å². The highest BCUT2D eigenvalue weighted by Gasteiger charge is 2.49. The molecule has 19 heavy (non-hydrogen) atoms. The van der Waals surface area contributed by atoms with Crippen molar-refractivity contribution in [3.8, 4) is 6.07 Å². The first-order chi connectivity index (χ1) is 8.98. The van der Waals surface area contributed by atoms with Gasteiger partial charge in [-0.25, -0.2) is 4.39 Å². The van der Waals surface area contributed by atoms with Crippen LogP contribution in [0.3, 0.4) is 0 Å². The Labute approximate surface area is 113 Å². The van der Waals surface area contributed by atoms with Crippen molar-refractivity contribution in [1.82, 2.24) is 0 Å². The number of benzene rings is 1. The Morgan fingerprint density at radius 2 is 2.16 bits per heavy atom. The van der Waals surface area contributed by atoms with Gasteiger partial charge in [-0.1, -0.05) is 13.8 Å². The van der Waals surface area contributed by atoms with Crippen molar-refractivity contribution in [2.24, 2.45) is 11.3 Å². The third-order valence-electron chi connectivity index (χ3n) is 3.88. The van der Waals surface area contributed by atoms with E-state index >= 15 is 0 Å². The Bertz CT molecular complexity index is 503. The summed E-state index contributed by atoms with van der Waals surface area (Å²) < 4.78 is 13.7. The second kappa shape index (κ2) is 5.18. The van der Waals surface area contributed by atoms with E-state index in [4.69, 9.17) is 5.26 Å². The molecule has 1 aliphatic carbocycles. The molecule has 1 atom stereocenters. The van der Waals surface area contributed by atoms with Gasteiger partial charge in [-0.15, -0.1) is 0 Å². The van der Waals surface area contributed by atoms with Crippen LogP contribution in [0.4, 0.5) is 10.1 Å². The number of rotatable bonds is 5. The zero-order chi connectivity index (χ0) is 14.0. The van der Waals surface area contributed by atoms with E-state index in [1.54, 1.807) is 12.1 Å². The van der Waals surface area contributed by atoms with Crippen LogP contribution < -0.4 is 5.32 Å². The van der Waals surface area contributed by atoms with E-state index in [-0.39, 0.29) is 17.4 Å². The summed E-state index contributed by atoms with van der Waals surface area (Å²) in [6.45, 7) is 4.55. The lowest BCUT2D eigenvalue weighted by atomic mass is 9.90. The van der Waals surface area contributed by atoms with Crippen LogP contribution in [0.1, 0.15) is 32.3 Å². The highest BCUT2D eigenvalue weighted by atomic mass is 19.1. The molecule has 102 valence electrons. The van der Waals surface area contributed by atoms with Gasteiger partial charge in [0.05, 0.1) is 23.4 Å². The molecule has 1 aromatic rings. The van der Waals surface area contributed by atoms with E-state index in [9.17, 15) is 9.50 Å². The molecule has 1 unspecified atom stereocenters. The molecule has 2 N–H and O–H groups in total. The van der Waals surface area contributed by atoms with Crippen LogP contribution in [0.2, 0.25) is 0 Å². The quantitative estimate of drug-likeness (QED) is 0.857. The molecular formula is C15H19FN2O. The Kier molecular flexibility index (Phi) is 3.77. The average Bonchev–Trinajstić information content (AvgIpc) is 3.17. The molecule has 0 spiro atoms. The topological polar surface area (TPSA) is 56.0 Å². The Balaban J connectivity index is 2.02. The predicted molar refractivity (Wildman–Crippen MR) is 72.1 cm³/mol. The van der Waals surface area contributed by atoms with Gasteiger partial charge >= 0.3 is 0 Å². The number of nitriles is 1. The second-order valence-corrected chi connectivity index (χ2v) is 5.71. The van der Waals surface area contributed by atoms with Crippen molar-refractivity contribution < 1.29 is 9.50 Å². The van der Waals surface area contributed by atoms with Gasteiger partial charge < -0.3 is 10.4 Å². The number of nitrogens with zero attached hydrogens (tertiary/aromatic N) is 1. The zero-order valence-corrected chi connectivity index (χ0v) is 11.3. The first-order valence-corrected chi connectivity index (χ1v) is 6.60. The molecule has 0 amide bonds. The number of aliphatic hydroxyl groups is 1. The molecule has 1 fully saturated rings. The van der Waals surface area contributed by atoms with Gasteiger partial charge in [0.15, 0.2) is 0 Å². The Morgan fingerprint density at radius 1 is 1.47 bits per heavy atom. The fourth-order valence-corrected chi connectivity index (χ4v) is 2.44. The van der Waals surface area contributed by atoms with E-state index in [1.807, 2.05) is 19.9 Å². The number of hydrogen-bond donors (Lipinski definition) is 2. The summed E-state index contributed by atoms with van der Waals surface area (Å²) in [5, 5.41) is 21.9. The highest BCUT2D eigenvalue weighted by molar-refractivity contribution is 5.49. The van der Waals surface area contributed by atoms with Crippen LogP contribution in [0.25, 0.3) is 0 Å². The smallest absolute Gasteiger partial charge is 0.147 e. The van der Waals surface area contributed by atoms with E-state index in [2.05, 4.69) is 5.32 Å². The molecule has 1 aromatic carbocycles. The summed E-state index contributed by atoms with van der Waals surface area (Å²) in [7, 11) is 0. The number of nitrogens with one attached hydrogen (secondary N) is 1. The van der Waals surface area contributed by atoms with Crippen LogP contribution >= 0.6 is 0 Å². The maximum atomic E-state index is 13.7. The fourth-order valence-electron chi connectivity index (χ4n) is 2.44. The van der Waals surface area contributed by atoms with Crippen molar-refractivity contribution in [3.05, 3.63) is 29.6 Å².